The highest BCUT2D eigenvalue weighted by molar-refractivity contribution is 7.90. The van der Waals surface area contributed by atoms with Crippen molar-refractivity contribution >= 4 is 28.7 Å². The summed E-state index contributed by atoms with van der Waals surface area (Å²) < 4.78 is 13.8. The van der Waals surface area contributed by atoms with Gasteiger partial charge in [0.2, 0.25) is 11.9 Å². The Hall–Kier alpha value is -2.65. The first-order chi connectivity index (χ1) is 14.4. The fraction of sp³-hybridized carbons (Fsp3) is 0.429. The van der Waals surface area contributed by atoms with Crippen LogP contribution >= 0.6 is 0 Å². The van der Waals surface area contributed by atoms with Crippen LogP contribution < -0.4 is 5.32 Å². The monoisotopic (exact) mass is 426 g/mol. The van der Waals surface area contributed by atoms with Crippen LogP contribution in [0, 0.1) is 0 Å². The number of likely N-dealkylation sites (tertiary alicyclic amines) is 1. The number of benzene rings is 1. The molecular weight excluding hydrogens is 400 g/mol. The fourth-order valence-electron chi connectivity index (χ4n) is 3.66. The zero-order chi connectivity index (χ0) is 21.3. The number of fused-ring (bicyclic) bond motifs is 1. The number of hydrogen-bond donors (Lipinski definition) is 1. The molecule has 3 heterocycles. The van der Waals surface area contributed by atoms with Crippen LogP contribution in [0.5, 0.6) is 0 Å². The summed E-state index contributed by atoms with van der Waals surface area (Å²) in [6.07, 6.45) is 4.92. The highest BCUT2D eigenvalue weighted by Gasteiger charge is 2.22. The molecule has 1 aliphatic heterocycles. The first kappa shape index (κ1) is 20.6. The molecule has 30 heavy (non-hydrogen) atoms. The first-order valence-corrected chi connectivity index (χ1v) is 11.7. The van der Waals surface area contributed by atoms with Gasteiger partial charge in [0.25, 0.3) is 0 Å². The molecule has 2 aromatic heterocycles. The van der Waals surface area contributed by atoms with E-state index in [4.69, 9.17) is 0 Å². The average Bonchev–Trinajstić information content (AvgIpc) is 3.33. The van der Waals surface area contributed by atoms with Crippen molar-refractivity contribution in [3.63, 3.8) is 0 Å². The third kappa shape index (κ3) is 4.13. The van der Waals surface area contributed by atoms with Gasteiger partial charge in [-0.2, -0.15) is 14.6 Å². The Morgan fingerprint density at radius 3 is 2.67 bits per heavy atom. The van der Waals surface area contributed by atoms with Crippen LogP contribution in [0.1, 0.15) is 49.3 Å². The zero-order valence-corrected chi connectivity index (χ0v) is 18.3. The van der Waals surface area contributed by atoms with Gasteiger partial charge in [0.15, 0.2) is 5.65 Å². The Labute approximate surface area is 178 Å². The summed E-state index contributed by atoms with van der Waals surface area (Å²) in [6, 6.07) is 8.07. The summed E-state index contributed by atoms with van der Waals surface area (Å²) in [5.74, 6) is 0.953. The molecule has 3 aromatic rings. The van der Waals surface area contributed by atoms with Gasteiger partial charge < -0.3 is 14.8 Å². The predicted octanol–water partition coefficient (Wildman–Crippen LogP) is 2.72. The molecule has 1 fully saturated rings. The van der Waals surface area contributed by atoms with E-state index in [0.717, 1.165) is 29.7 Å². The van der Waals surface area contributed by atoms with Gasteiger partial charge in [-0.05, 0) is 23.5 Å². The van der Waals surface area contributed by atoms with Gasteiger partial charge in [-0.1, -0.05) is 38.1 Å². The SMILES string of the molecule is CC(C)c1cnn2c(NCc3ccccc3CN3CCCC3=O)nc([S+](C)[O-])nc12. The maximum atomic E-state index is 12.1. The standard InChI is InChI=1S/C21H26N6O2S/c1-14(2)17-12-23-27-19(17)24-21(30(3)29)25-20(27)22-11-15-7-4-5-8-16(15)13-26-10-6-9-18(26)28/h4-5,7-8,12,14H,6,9-11,13H2,1-3H3,(H,22,24,25). The molecule has 1 aliphatic rings. The van der Waals surface area contributed by atoms with E-state index in [2.05, 4.69) is 40.3 Å². The van der Waals surface area contributed by atoms with E-state index >= 15 is 0 Å². The van der Waals surface area contributed by atoms with Crippen LogP contribution in [0.4, 0.5) is 5.95 Å². The van der Waals surface area contributed by atoms with Crippen LogP contribution in [0.2, 0.25) is 0 Å². The van der Waals surface area contributed by atoms with Crippen molar-refractivity contribution in [1.82, 2.24) is 24.5 Å². The molecule has 158 valence electrons. The number of nitrogens with one attached hydrogen (secondary N) is 1. The van der Waals surface area contributed by atoms with Crippen molar-refractivity contribution in [3.05, 3.63) is 47.2 Å². The summed E-state index contributed by atoms with van der Waals surface area (Å²) in [6.45, 7) is 6.08. The maximum absolute atomic E-state index is 12.1. The van der Waals surface area contributed by atoms with E-state index in [1.165, 1.54) is 0 Å². The zero-order valence-electron chi connectivity index (χ0n) is 17.5. The molecule has 1 saturated heterocycles. The van der Waals surface area contributed by atoms with Crippen molar-refractivity contribution in [1.29, 1.82) is 0 Å². The number of amides is 1. The number of nitrogens with zero attached hydrogens (tertiary/aromatic N) is 5. The second-order valence-electron chi connectivity index (χ2n) is 7.82. The van der Waals surface area contributed by atoms with E-state index in [1.807, 2.05) is 23.1 Å². The molecule has 1 amide bonds. The molecule has 1 unspecified atom stereocenters. The summed E-state index contributed by atoms with van der Waals surface area (Å²) in [7, 11) is 0. The number of anilines is 1. The minimum Gasteiger partial charge on any atom is -0.609 e. The Morgan fingerprint density at radius 2 is 2.00 bits per heavy atom. The van der Waals surface area contributed by atoms with Crippen LogP contribution in [-0.2, 0) is 29.1 Å². The normalized spacial score (nSPS) is 15.4. The molecule has 0 spiro atoms. The highest BCUT2D eigenvalue weighted by atomic mass is 32.2. The van der Waals surface area contributed by atoms with Gasteiger partial charge in [-0.25, -0.2) is 0 Å². The molecule has 1 atom stereocenters. The van der Waals surface area contributed by atoms with Gasteiger partial charge >= 0.3 is 5.16 Å². The van der Waals surface area contributed by atoms with Crippen molar-refractivity contribution in [2.75, 3.05) is 18.1 Å². The second-order valence-corrected chi connectivity index (χ2v) is 9.09. The topological polar surface area (TPSA) is 98.5 Å². The fourth-order valence-corrected chi connectivity index (χ4v) is 4.09. The van der Waals surface area contributed by atoms with Gasteiger partial charge in [0.05, 0.1) is 6.20 Å². The van der Waals surface area contributed by atoms with Crippen molar-refractivity contribution < 1.29 is 9.35 Å². The lowest BCUT2D eigenvalue weighted by atomic mass is 10.1. The highest BCUT2D eigenvalue weighted by Crippen LogP contribution is 2.23. The predicted molar refractivity (Wildman–Crippen MR) is 116 cm³/mol. The van der Waals surface area contributed by atoms with Gasteiger partial charge in [-0.15, -0.1) is 4.98 Å². The third-order valence-corrected chi connectivity index (χ3v) is 6.04. The van der Waals surface area contributed by atoms with Crippen LogP contribution in [0.25, 0.3) is 5.65 Å². The molecule has 0 saturated carbocycles. The van der Waals surface area contributed by atoms with Crippen LogP contribution in [0.15, 0.2) is 35.6 Å². The van der Waals surface area contributed by atoms with E-state index < -0.39 is 11.2 Å². The molecule has 1 N–H and O–H groups in total. The lowest BCUT2D eigenvalue weighted by Gasteiger charge is -2.18. The van der Waals surface area contributed by atoms with Crippen molar-refractivity contribution in [2.45, 2.75) is 50.9 Å². The minimum absolute atomic E-state index is 0.211. The number of hydrogen-bond acceptors (Lipinski definition) is 6. The van der Waals surface area contributed by atoms with Crippen molar-refractivity contribution in [2.24, 2.45) is 0 Å². The largest absolute Gasteiger partial charge is 0.609 e. The molecule has 9 heteroatoms. The molecule has 0 bridgehead atoms. The summed E-state index contributed by atoms with van der Waals surface area (Å²) in [5.41, 5.74) is 3.84. The van der Waals surface area contributed by atoms with Gasteiger partial charge in [-0.3, -0.25) is 4.79 Å². The van der Waals surface area contributed by atoms with Crippen LogP contribution in [0.3, 0.4) is 0 Å². The second kappa shape index (κ2) is 8.61. The number of carbonyl (C=O) groups is 1. The molecule has 0 aliphatic carbocycles. The summed E-state index contributed by atoms with van der Waals surface area (Å²) >= 11 is -1.31. The molecule has 1 aromatic carbocycles. The van der Waals surface area contributed by atoms with Gasteiger partial charge in [0, 0.05) is 42.8 Å². The van der Waals surface area contributed by atoms with Crippen molar-refractivity contribution in [3.8, 4) is 0 Å². The summed E-state index contributed by atoms with van der Waals surface area (Å²) in [4.78, 5) is 22.9. The van der Waals surface area contributed by atoms with E-state index in [-0.39, 0.29) is 17.0 Å². The number of carbonyl (C=O) groups excluding carboxylic acids is 1. The lowest BCUT2D eigenvalue weighted by molar-refractivity contribution is -0.128. The molecular formula is C21H26N6O2S. The van der Waals surface area contributed by atoms with E-state index in [1.54, 1.807) is 17.0 Å². The number of aromatic nitrogens is 4. The quantitative estimate of drug-likeness (QED) is 0.583. The van der Waals surface area contributed by atoms with E-state index in [9.17, 15) is 9.35 Å². The lowest BCUT2D eigenvalue weighted by Crippen LogP contribution is -2.24. The van der Waals surface area contributed by atoms with E-state index in [0.29, 0.717) is 31.1 Å². The van der Waals surface area contributed by atoms with Crippen LogP contribution in [-0.4, -0.2) is 47.7 Å². The van der Waals surface area contributed by atoms with Gasteiger partial charge in [0.1, 0.15) is 6.26 Å². The third-order valence-electron chi connectivity index (χ3n) is 5.34. The molecule has 0 radical (unpaired) electrons. The molecule has 4 rings (SSSR count). The Morgan fingerprint density at radius 1 is 1.23 bits per heavy atom. The molecule has 8 nitrogen and oxygen atoms in total. The maximum Gasteiger partial charge on any atom is 0.347 e. The Balaban J connectivity index is 1.62. The summed E-state index contributed by atoms with van der Waals surface area (Å²) in [5, 5.41) is 8.07. The average molecular weight is 427 g/mol. The minimum atomic E-state index is -1.31. The smallest absolute Gasteiger partial charge is 0.347 e. The Kier molecular flexibility index (Phi) is 5.92. The Bertz CT molecular complexity index is 1060. The number of rotatable bonds is 7. The first-order valence-electron chi connectivity index (χ1n) is 10.1.